The summed E-state index contributed by atoms with van der Waals surface area (Å²) in [4.78, 5) is 37.4. The van der Waals surface area contributed by atoms with Crippen molar-refractivity contribution in [2.45, 2.75) is 102 Å². The predicted octanol–water partition coefficient (Wildman–Crippen LogP) is 2.79. The smallest absolute Gasteiger partial charge is 0.243 e. The average Bonchev–Trinajstić information content (AvgIpc) is 3.19. The van der Waals surface area contributed by atoms with Crippen molar-refractivity contribution >= 4 is 17.7 Å². The summed E-state index contributed by atoms with van der Waals surface area (Å²) in [6.07, 6.45) is 10.5. The molecule has 0 unspecified atom stereocenters. The summed E-state index contributed by atoms with van der Waals surface area (Å²) in [5.74, 6) is -0.159. The molecule has 3 aliphatic carbocycles. The minimum atomic E-state index is -0.889. The van der Waals surface area contributed by atoms with Crippen molar-refractivity contribution < 1.29 is 14.4 Å². The molecular formula is C22H37N3O3. The number of nitrogens with one attached hydrogen (secondary N) is 2. The largest absolute Gasteiger partial charge is 0.368 e. The minimum absolute atomic E-state index is 0.0425. The maximum absolute atomic E-state index is 12.9. The Kier molecular flexibility index (Phi) is 6.35. The molecule has 3 aliphatic rings. The highest BCUT2D eigenvalue weighted by molar-refractivity contribution is 5.91. The molecule has 3 saturated carbocycles. The molecule has 28 heavy (non-hydrogen) atoms. The molecule has 3 amide bonds. The van der Waals surface area contributed by atoms with Crippen molar-refractivity contribution in [1.82, 2.24) is 10.6 Å². The van der Waals surface area contributed by atoms with Gasteiger partial charge < -0.3 is 16.4 Å². The van der Waals surface area contributed by atoms with Gasteiger partial charge in [0.1, 0.15) is 5.54 Å². The predicted molar refractivity (Wildman–Crippen MR) is 108 cm³/mol. The lowest BCUT2D eigenvalue weighted by molar-refractivity contribution is -0.136. The zero-order valence-electron chi connectivity index (χ0n) is 17.5. The van der Waals surface area contributed by atoms with Crippen LogP contribution in [0.1, 0.15) is 90.9 Å². The number of amides is 3. The second-order valence-corrected chi connectivity index (χ2v) is 10.1. The third kappa shape index (κ3) is 4.87. The van der Waals surface area contributed by atoms with Crippen molar-refractivity contribution in [2.24, 2.45) is 23.0 Å². The van der Waals surface area contributed by atoms with Crippen LogP contribution in [0.5, 0.6) is 0 Å². The van der Waals surface area contributed by atoms with Crippen LogP contribution in [0.25, 0.3) is 0 Å². The molecule has 6 nitrogen and oxygen atoms in total. The zero-order valence-corrected chi connectivity index (χ0v) is 17.5. The van der Waals surface area contributed by atoms with Gasteiger partial charge in [0.2, 0.25) is 17.7 Å². The van der Waals surface area contributed by atoms with Gasteiger partial charge in [0.25, 0.3) is 0 Å². The lowest BCUT2D eigenvalue weighted by Crippen LogP contribution is -2.61. The molecular weight excluding hydrogens is 354 g/mol. The Labute approximate surface area is 168 Å². The lowest BCUT2D eigenvalue weighted by atomic mass is 9.69. The third-order valence-corrected chi connectivity index (χ3v) is 7.46. The van der Waals surface area contributed by atoms with E-state index in [1.54, 1.807) is 0 Å². The van der Waals surface area contributed by atoms with Crippen LogP contribution in [-0.4, -0.2) is 29.3 Å². The normalized spacial score (nSPS) is 29.8. The molecule has 6 heteroatoms. The van der Waals surface area contributed by atoms with Crippen LogP contribution in [0.2, 0.25) is 0 Å². The maximum Gasteiger partial charge on any atom is 0.243 e. The van der Waals surface area contributed by atoms with Crippen LogP contribution < -0.4 is 16.4 Å². The number of carbonyl (C=O) groups is 3. The number of hydrogen-bond donors (Lipinski definition) is 3. The number of rotatable bonds is 5. The highest BCUT2D eigenvalue weighted by Crippen LogP contribution is 2.40. The fourth-order valence-electron chi connectivity index (χ4n) is 5.13. The van der Waals surface area contributed by atoms with E-state index in [0.717, 1.165) is 64.2 Å². The minimum Gasteiger partial charge on any atom is -0.368 e. The third-order valence-electron chi connectivity index (χ3n) is 7.46. The summed E-state index contributed by atoms with van der Waals surface area (Å²) < 4.78 is 0. The topological polar surface area (TPSA) is 101 Å². The standard InChI is InChI=1S/C22H37N3O3/c1-21(2)11-13-22(14-12-21,20(23)28)25-19(27)16-7-9-17(10-8-16)24-18(26)15-5-3-4-6-15/h15-17H,3-14H2,1-2H3,(H2,23,28)(H,24,26)(H,25,27). The van der Waals surface area contributed by atoms with Crippen molar-refractivity contribution in [2.75, 3.05) is 0 Å². The van der Waals surface area contributed by atoms with Gasteiger partial charge in [0, 0.05) is 17.9 Å². The number of nitrogens with two attached hydrogens (primary N) is 1. The number of carbonyl (C=O) groups excluding carboxylic acids is 3. The first-order valence-electron chi connectivity index (χ1n) is 11.1. The highest BCUT2D eigenvalue weighted by atomic mass is 16.2. The first kappa shape index (κ1) is 21.1. The average molecular weight is 392 g/mol. The molecule has 0 spiro atoms. The Balaban J connectivity index is 1.49. The molecule has 158 valence electrons. The molecule has 0 heterocycles. The molecule has 0 radical (unpaired) electrons. The van der Waals surface area contributed by atoms with E-state index in [4.69, 9.17) is 5.73 Å². The van der Waals surface area contributed by atoms with Crippen LogP contribution >= 0.6 is 0 Å². The summed E-state index contributed by atoms with van der Waals surface area (Å²) in [6.45, 7) is 4.39. The number of hydrogen-bond acceptors (Lipinski definition) is 3. The molecule has 3 rings (SSSR count). The van der Waals surface area contributed by atoms with E-state index in [2.05, 4.69) is 24.5 Å². The second-order valence-electron chi connectivity index (χ2n) is 10.1. The van der Waals surface area contributed by atoms with Crippen LogP contribution in [0.15, 0.2) is 0 Å². The van der Waals surface area contributed by atoms with Gasteiger partial charge in [0.15, 0.2) is 0 Å². The molecule has 0 saturated heterocycles. The fraction of sp³-hybridized carbons (Fsp3) is 0.864. The highest BCUT2D eigenvalue weighted by Gasteiger charge is 2.45. The molecule has 0 aromatic rings. The zero-order chi connectivity index (χ0) is 20.4. The summed E-state index contributed by atoms with van der Waals surface area (Å²) in [6, 6.07) is 0.178. The first-order valence-corrected chi connectivity index (χ1v) is 11.1. The fourth-order valence-corrected chi connectivity index (χ4v) is 5.13. The van der Waals surface area contributed by atoms with E-state index in [1.807, 2.05) is 0 Å². The van der Waals surface area contributed by atoms with E-state index in [0.29, 0.717) is 12.8 Å². The Bertz CT molecular complexity index is 592. The summed E-state index contributed by atoms with van der Waals surface area (Å²) in [7, 11) is 0. The van der Waals surface area contributed by atoms with Crippen molar-refractivity contribution in [3.05, 3.63) is 0 Å². The Morgan fingerprint density at radius 1 is 0.786 bits per heavy atom. The quantitative estimate of drug-likeness (QED) is 0.671. The van der Waals surface area contributed by atoms with Gasteiger partial charge >= 0.3 is 0 Å². The van der Waals surface area contributed by atoms with Crippen LogP contribution in [-0.2, 0) is 14.4 Å². The summed E-state index contributed by atoms with van der Waals surface area (Å²) in [5, 5.41) is 6.23. The molecule has 0 aliphatic heterocycles. The van der Waals surface area contributed by atoms with E-state index in [-0.39, 0.29) is 35.1 Å². The van der Waals surface area contributed by atoms with Gasteiger partial charge in [-0.2, -0.15) is 0 Å². The van der Waals surface area contributed by atoms with Gasteiger partial charge in [-0.15, -0.1) is 0 Å². The van der Waals surface area contributed by atoms with Gasteiger partial charge in [-0.05, 0) is 69.6 Å². The molecule has 3 fully saturated rings. The van der Waals surface area contributed by atoms with Gasteiger partial charge in [-0.25, -0.2) is 0 Å². The van der Waals surface area contributed by atoms with E-state index < -0.39 is 11.4 Å². The Hall–Kier alpha value is -1.59. The van der Waals surface area contributed by atoms with Gasteiger partial charge in [-0.3, -0.25) is 14.4 Å². The Morgan fingerprint density at radius 2 is 1.32 bits per heavy atom. The van der Waals surface area contributed by atoms with Crippen molar-refractivity contribution in [3.8, 4) is 0 Å². The van der Waals surface area contributed by atoms with Crippen LogP contribution in [0, 0.1) is 17.3 Å². The Morgan fingerprint density at radius 3 is 1.86 bits per heavy atom. The summed E-state index contributed by atoms with van der Waals surface area (Å²) >= 11 is 0. The van der Waals surface area contributed by atoms with Crippen LogP contribution in [0.3, 0.4) is 0 Å². The van der Waals surface area contributed by atoms with Gasteiger partial charge in [0.05, 0.1) is 0 Å². The monoisotopic (exact) mass is 391 g/mol. The van der Waals surface area contributed by atoms with E-state index >= 15 is 0 Å². The van der Waals surface area contributed by atoms with E-state index in [9.17, 15) is 14.4 Å². The molecule has 0 aromatic carbocycles. The molecule has 0 bridgehead atoms. The lowest BCUT2D eigenvalue weighted by Gasteiger charge is -2.42. The van der Waals surface area contributed by atoms with Gasteiger partial charge in [-0.1, -0.05) is 26.7 Å². The molecule has 0 atom stereocenters. The SMILES string of the molecule is CC1(C)CCC(NC(=O)C2CCC(NC(=O)C3CCCC3)CC2)(C(N)=O)CC1. The number of primary amides is 1. The summed E-state index contributed by atoms with van der Waals surface area (Å²) in [5.41, 5.74) is 5.01. The molecule has 4 N–H and O–H groups in total. The molecule has 0 aromatic heterocycles. The van der Waals surface area contributed by atoms with E-state index in [1.165, 1.54) is 0 Å². The van der Waals surface area contributed by atoms with Crippen molar-refractivity contribution in [3.63, 3.8) is 0 Å². The van der Waals surface area contributed by atoms with Crippen molar-refractivity contribution in [1.29, 1.82) is 0 Å². The maximum atomic E-state index is 12.9. The first-order chi connectivity index (χ1) is 13.2. The van der Waals surface area contributed by atoms with Crippen LogP contribution in [0.4, 0.5) is 0 Å². The second kappa shape index (κ2) is 8.42.